The van der Waals surface area contributed by atoms with Crippen LogP contribution in [-0.4, -0.2) is 22.6 Å². The standard InChI is InChI=1S/C14H19ClN2O3/c1-4-7-14(2,3)17-13(20)16-11-8-9(12(18)19)5-6-10(11)15/h5-6,8H,4,7H2,1-3H3,(H,18,19)(H2,16,17,20). The van der Waals surface area contributed by atoms with E-state index in [-0.39, 0.29) is 16.8 Å². The molecule has 110 valence electrons. The van der Waals surface area contributed by atoms with E-state index in [1.807, 2.05) is 20.8 Å². The van der Waals surface area contributed by atoms with Crippen LogP contribution in [0.5, 0.6) is 0 Å². The molecule has 3 N–H and O–H groups in total. The number of rotatable bonds is 5. The average molecular weight is 299 g/mol. The number of carbonyl (C=O) groups is 2. The van der Waals surface area contributed by atoms with Gasteiger partial charge in [0.1, 0.15) is 0 Å². The Morgan fingerprint density at radius 2 is 2.00 bits per heavy atom. The lowest BCUT2D eigenvalue weighted by molar-refractivity contribution is 0.0697. The first-order valence-electron chi connectivity index (χ1n) is 6.37. The fourth-order valence-corrected chi connectivity index (χ4v) is 2.07. The number of anilines is 1. The molecule has 1 aromatic carbocycles. The molecule has 0 saturated carbocycles. The third kappa shape index (κ3) is 4.74. The lowest BCUT2D eigenvalue weighted by atomic mass is 9.99. The maximum atomic E-state index is 11.9. The van der Waals surface area contributed by atoms with Gasteiger partial charge in [-0.15, -0.1) is 0 Å². The van der Waals surface area contributed by atoms with E-state index in [9.17, 15) is 9.59 Å². The van der Waals surface area contributed by atoms with Crippen LogP contribution in [0.1, 0.15) is 44.0 Å². The van der Waals surface area contributed by atoms with E-state index in [1.54, 1.807) is 0 Å². The number of carbonyl (C=O) groups excluding carboxylic acids is 1. The molecule has 0 aliphatic rings. The minimum absolute atomic E-state index is 0.0671. The number of urea groups is 1. The molecule has 0 atom stereocenters. The van der Waals surface area contributed by atoms with E-state index in [0.29, 0.717) is 5.02 Å². The van der Waals surface area contributed by atoms with Crippen LogP contribution in [0.15, 0.2) is 18.2 Å². The van der Waals surface area contributed by atoms with Gasteiger partial charge in [0.2, 0.25) is 0 Å². The second kappa shape index (κ2) is 6.61. The normalized spacial score (nSPS) is 11.0. The molecule has 2 amide bonds. The zero-order valence-electron chi connectivity index (χ0n) is 11.8. The van der Waals surface area contributed by atoms with Crippen LogP contribution in [0.2, 0.25) is 5.02 Å². The Kier molecular flexibility index (Phi) is 5.39. The van der Waals surface area contributed by atoms with E-state index in [4.69, 9.17) is 16.7 Å². The molecule has 0 saturated heterocycles. The van der Waals surface area contributed by atoms with Crippen LogP contribution in [0.25, 0.3) is 0 Å². The number of hydrogen-bond donors (Lipinski definition) is 3. The summed E-state index contributed by atoms with van der Waals surface area (Å²) in [6.07, 6.45) is 1.78. The van der Waals surface area contributed by atoms with E-state index in [0.717, 1.165) is 12.8 Å². The molecule has 0 aromatic heterocycles. The third-order valence-corrected chi connectivity index (χ3v) is 3.12. The van der Waals surface area contributed by atoms with Crippen LogP contribution >= 0.6 is 11.6 Å². The van der Waals surface area contributed by atoms with Crippen LogP contribution in [-0.2, 0) is 0 Å². The summed E-state index contributed by atoms with van der Waals surface area (Å²) < 4.78 is 0. The van der Waals surface area contributed by atoms with Crippen molar-refractivity contribution in [3.8, 4) is 0 Å². The SMILES string of the molecule is CCCC(C)(C)NC(=O)Nc1cc(C(=O)O)ccc1Cl. The highest BCUT2D eigenvalue weighted by Gasteiger charge is 2.19. The second-order valence-corrected chi connectivity index (χ2v) is 5.62. The minimum atomic E-state index is -1.07. The van der Waals surface area contributed by atoms with E-state index in [1.165, 1.54) is 18.2 Å². The Balaban J connectivity index is 2.80. The summed E-state index contributed by atoms with van der Waals surface area (Å²) in [7, 11) is 0. The van der Waals surface area contributed by atoms with E-state index >= 15 is 0 Å². The Labute approximate surface area is 123 Å². The fraction of sp³-hybridized carbons (Fsp3) is 0.429. The number of carboxylic acids is 1. The van der Waals surface area contributed by atoms with Crippen molar-refractivity contribution < 1.29 is 14.7 Å². The van der Waals surface area contributed by atoms with Crippen molar-refractivity contribution in [1.29, 1.82) is 0 Å². The third-order valence-electron chi connectivity index (χ3n) is 2.79. The summed E-state index contributed by atoms with van der Waals surface area (Å²) in [6, 6.07) is 3.75. The molecular weight excluding hydrogens is 280 g/mol. The van der Waals surface area contributed by atoms with Gasteiger partial charge in [-0.25, -0.2) is 9.59 Å². The molecule has 0 heterocycles. The summed E-state index contributed by atoms with van der Waals surface area (Å²) in [6.45, 7) is 5.88. The van der Waals surface area contributed by atoms with Crippen molar-refractivity contribution in [2.75, 3.05) is 5.32 Å². The number of aromatic carboxylic acids is 1. The summed E-state index contributed by atoms with van der Waals surface area (Å²) in [5, 5.41) is 14.6. The van der Waals surface area contributed by atoms with Crippen LogP contribution in [0, 0.1) is 0 Å². The lowest BCUT2D eigenvalue weighted by Crippen LogP contribution is -2.45. The maximum Gasteiger partial charge on any atom is 0.335 e. The van der Waals surface area contributed by atoms with Gasteiger partial charge in [-0.1, -0.05) is 24.9 Å². The average Bonchev–Trinajstić information content (AvgIpc) is 2.30. The summed E-state index contributed by atoms with van der Waals surface area (Å²) >= 11 is 5.94. The quantitative estimate of drug-likeness (QED) is 0.775. The molecule has 0 radical (unpaired) electrons. The molecule has 0 bridgehead atoms. The van der Waals surface area contributed by atoms with Crippen molar-refractivity contribution in [3.05, 3.63) is 28.8 Å². The Morgan fingerprint density at radius 3 is 2.55 bits per heavy atom. The molecule has 0 fully saturated rings. The van der Waals surface area contributed by atoms with Crippen molar-refractivity contribution >= 4 is 29.3 Å². The highest BCUT2D eigenvalue weighted by molar-refractivity contribution is 6.33. The van der Waals surface area contributed by atoms with Crippen LogP contribution in [0.4, 0.5) is 10.5 Å². The van der Waals surface area contributed by atoms with Crippen molar-refractivity contribution in [2.24, 2.45) is 0 Å². The molecule has 20 heavy (non-hydrogen) atoms. The molecule has 0 aliphatic heterocycles. The second-order valence-electron chi connectivity index (χ2n) is 5.21. The first kappa shape index (κ1) is 16.3. The number of amides is 2. The van der Waals surface area contributed by atoms with Gasteiger partial charge in [-0.2, -0.15) is 0 Å². The van der Waals surface area contributed by atoms with E-state index < -0.39 is 12.0 Å². The van der Waals surface area contributed by atoms with Crippen LogP contribution in [0.3, 0.4) is 0 Å². The fourth-order valence-electron chi connectivity index (χ4n) is 1.90. The number of hydrogen-bond acceptors (Lipinski definition) is 2. The predicted octanol–water partition coefficient (Wildman–Crippen LogP) is 3.74. The van der Waals surface area contributed by atoms with Crippen molar-refractivity contribution in [1.82, 2.24) is 5.32 Å². The highest BCUT2D eigenvalue weighted by atomic mass is 35.5. The minimum Gasteiger partial charge on any atom is -0.478 e. The monoisotopic (exact) mass is 298 g/mol. The van der Waals surface area contributed by atoms with Gasteiger partial charge in [0, 0.05) is 5.54 Å². The summed E-state index contributed by atoms with van der Waals surface area (Å²) in [5.41, 5.74) is 0.00398. The largest absolute Gasteiger partial charge is 0.478 e. The van der Waals surface area contributed by atoms with Gasteiger partial charge in [0.05, 0.1) is 16.3 Å². The number of halogens is 1. The lowest BCUT2D eigenvalue weighted by Gasteiger charge is -2.26. The predicted molar refractivity (Wildman–Crippen MR) is 79.6 cm³/mol. The first-order chi connectivity index (χ1) is 9.25. The number of carboxylic acid groups (broad SMARTS) is 1. The number of benzene rings is 1. The number of nitrogens with one attached hydrogen (secondary N) is 2. The summed E-state index contributed by atoms with van der Waals surface area (Å²) in [4.78, 5) is 22.8. The zero-order chi connectivity index (χ0) is 15.3. The Morgan fingerprint density at radius 1 is 1.35 bits per heavy atom. The molecule has 0 unspecified atom stereocenters. The molecule has 1 aromatic rings. The first-order valence-corrected chi connectivity index (χ1v) is 6.75. The van der Waals surface area contributed by atoms with Crippen molar-refractivity contribution in [2.45, 2.75) is 39.2 Å². The van der Waals surface area contributed by atoms with E-state index in [2.05, 4.69) is 10.6 Å². The van der Waals surface area contributed by atoms with Gasteiger partial charge < -0.3 is 15.7 Å². The Bertz CT molecular complexity index is 515. The maximum absolute atomic E-state index is 11.9. The molecule has 0 aliphatic carbocycles. The molecule has 0 spiro atoms. The molecule has 5 nitrogen and oxygen atoms in total. The highest BCUT2D eigenvalue weighted by Crippen LogP contribution is 2.23. The molecule has 6 heteroatoms. The Hall–Kier alpha value is -1.75. The molecular formula is C14H19ClN2O3. The van der Waals surface area contributed by atoms with Gasteiger partial charge in [0.25, 0.3) is 0 Å². The zero-order valence-corrected chi connectivity index (χ0v) is 12.5. The van der Waals surface area contributed by atoms with Gasteiger partial charge in [0.15, 0.2) is 0 Å². The smallest absolute Gasteiger partial charge is 0.335 e. The topological polar surface area (TPSA) is 78.4 Å². The summed E-state index contributed by atoms with van der Waals surface area (Å²) in [5.74, 6) is -1.07. The van der Waals surface area contributed by atoms with Gasteiger partial charge in [-0.3, -0.25) is 0 Å². The van der Waals surface area contributed by atoms with Gasteiger partial charge >= 0.3 is 12.0 Å². The molecule has 1 rings (SSSR count). The van der Waals surface area contributed by atoms with Crippen LogP contribution < -0.4 is 10.6 Å². The van der Waals surface area contributed by atoms with Gasteiger partial charge in [-0.05, 0) is 38.5 Å². The van der Waals surface area contributed by atoms with Crippen molar-refractivity contribution in [3.63, 3.8) is 0 Å².